The molecule has 0 saturated carbocycles. The van der Waals surface area contributed by atoms with E-state index in [0.717, 1.165) is 31.6 Å². The van der Waals surface area contributed by atoms with Gasteiger partial charge < -0.3 is 5.11 Å². The highest BCUT2D eigenvalue weighted by Gasteiger charge is 2.23. The zero-order chi connectivity index (χ0) is 14.1. The predicted octanol–water partition coefficient (Wildman–Crippen LogP) is 0.744. The molecule has 1 saturated heterocycles. The fraction of sp³-hybridized carbons (Fsp3) is 0.615. The number of rotatable bonds is 3. The molecule has 1 N–H and O–H groups in total. The van der Waals surface area contributed by atoms with Crippen LogP contribution in [-0.2, 0) is 6.54 Å². The van der Waals surface area contributed by atoms with E-state index in [-0.39, 0.29) is 11.7 Å². The summed E-state index contributed by atoms with van der Waals surface area (Å²) in [5.41, 5.74) is 2.31. The van der Waals surface area contributed by atoms with E-state index in [1.165, 1.54) is 15.9 Å². The summed E-state index contributed by atoms with van der Waals surface area (Å²) >= 11 is 1.37. The molecule has 2 aromatic rings. The van der Waals surface area contributed by atoms with Crippen LogP contribution in [0.25, 0.3) is 4.96 Å². The van der Waals surface area contributed by atoms with E-state index < -0.39 is 0 Å². The van der Waals surface area contributed by atoms with E-state index in [0.29, 0.717) is 17.4 Å². The Balaban J connectivity index is 1.70. The standard InChI is InChI=1S/C13H18N4O2S/c1-9(18)10-2-4-16(5-3-10)7-11-6-12(19)17-13(15-11)20-8-14-17/h6,8-10,18H,2-5,7H2,1H3. The molecular formula is C13H18N4O2S. The number of fused-ring (bicyclic) bond motifs is 1. The molecule has 0 aromatic carbocycles. The summed E-state index contributed by atoms with van der Waals surface area (Å²) in [5.74, 6) is 0.397. The smallest absolute Gasteiger partial charge is 0.275 e. The Morgan fingerprint density at radius 2 is 2.25 bits per heavy atom. The van der Waals surface area contributed by atoms with E-state index in [1.54, 1.807) is 11.6 Å². The second-order valence-electron chi connectivity index (χ2n) is 5.37. The molecule has 7 heteroatoms. The highest BCUT2D eigenvalue weighted by atomic mass is 32.1. The van der Waals surface area contributed by atoms with E-state index in [4.69, 9.17) is 0 Å². The van der Waals surface area contributed by atoms with Crippen molar-refractivity contribution in [1.82, 2.24) is 19.5 Å². The van der Waals surface area contributed by atoms with Crippen molar-refractivity contribution in [3.8, 4) is 0 Å². The predicted molar refractivity (Wildman–Crippen MR) is 76.8 cm³/mol. The van der Waals surface area contributed by atoms with Crippen LogP contribution in [0.1, 0.15) is 25.5 Å². The number of aromatic nitrogens is 3. The Kier molecular flexibility index (Phi) is 3.82. The summed E-state index contributed by atoms with van der Waals surface area (Å²) in [6.45, 7) is 4.44. The Hall–Kier alpha value is -1.31. The van der Waals surface area contributed by atoms with Crippen LogP contribution in [0.4, 0.5) is 0 Å². The maximum absolute atomic E-state index is 11.9. The molecule has 0 radical (unpaired) electrons. The molecule has 1 unspecified atom stereocenters. The summed E-state index contributed by atoms with van der Waals surface area (Å²) in [5, 5.41) is 13.6. The molecule has 1 aliphatic rings. The first-order valence-electron chi connectivity index (χ1n) is 6.86. The normalized spacial score (nSPS) is 19.5. The summed E-state index contributed by atoms with van der Waals surface area (Å²) in [4.78, 5) is 19.3. The number of nitrogens with zero attached hydrogens (tertiary/aromatic N) is 4. The highest BCUT2D eigenvalue weighted by Crippen LogP contribution is 2.21. The SMILES string of the molecule is CC(O)C1CCN(Cc2cc(=O)n3ncsc3n2)CC1. The number of piperidine rings is 1. The molecule has 0 amide bonds. The molecule has 1 fully saturated rings. The third kappa shape index (κ3) is 2.74. The van der Waals surface area contributed by atoms with Crippen molar-refractivity contribution in [3.05, 3.63) is 27.6 Å². The molecule has 108 valence electrons. The lowest BCUT2D eigenvalue weighted by atomic mass is 9.92. The zero-order valence-electron chi connectivity index (χ0n) is 11.4. The summed E-state index contributed by atoms with van der Waals surface area (Å²) in [7, 11) is 0. The zero-order valence-corrected chi connectivity index (χ0v) is 12.2. The molecule has 20 heavy (non-hydrogen) atoms. The van der Waals surface area contributed by atoms with Gasteiger partial charge in [-0.25, -0.2) is 4.98 Å². The summed E-state index contributed by atoms with van der Waals surface area (Å²) < 4.78 is 1.33. The molecule has 0 bridgehead atoms. The van der Waals surface area contributed by atoms with Crippen LogP contribution in [0, 0.1) is 5.92 Å². The van der Waals surface area contributed by atoms with Crippen LogP contribution in [0.2, 0.25) is 0 Å². The van der Waals surface area contributed by atoms with Crippen molar-refractivity contribution in [1.29, 1.82) is 0 Å². The number of aliphatic hydroxyl groups excluding tert-OH is 1. The average molecular weight is 294 g/mol. The molecule has 0 spiro atoms. The topological polar surface area (TPSA) is 70.7 Å². The molecule has 3 rings (SSSR count). The van der Waals surface area contributed by atoms with Gasteiger partial charge in [0.25, 0.3) is 5.56 Å². The first-order chi connectivity index (χ1) is 9.63. The number of aliphatic hydroxyl groups is 1. The van der Waals surface area contributed by atoms with Gasteiger partial charge >= 0.3 is 0 Å². The molecular weight excluding hydrogens is 276 g/mol. The number of hydrogen-bond donors (Lipinski definition) is 1. The molecule has 2 aromatic heterocycles. The monoisotopic (exact) mass is 294 g/mol. The van der Waals surface area contributed by atoms with Gasteiger partial charge in [-0.05, 0) is 38.8 Å². The van der Waals surface area contributed by atoms with Gasteiger partial charge in [0.1, 0.15) is 5.51 Å². The van der Waals surface area contributed by atoms with Gasteiger partial charge in [0.05, 0.1) is 11.8 Å². The third-order valence-corrected chi connectivity index (χ3v) is 4.61. The lowest BCUT2D eigenvalue weighted by molar-refractivity contribution is 0.0691. The Morgan fingerprint density at radius 3 is 2.95 bits per heavy atom. The van der Waals surface area contributed by atoms with Crippen molar-refractivity contribution in [2.24, 2.45) is 5.92 Å². The molecule has 3 heterocycles. The van der Waals surface area contributed by atoms with Gasteiger partial charge in [0.2, 0.25) is 4.96 Å². The van der Waals surface area contributed by atoms with Crippen LogP contribution < -0.4 is 5.56 Å². The minimum atomic E-state index is -0.228. The number of hydrogen-bond acceptors (Lipinski definition) is 6. The average Bonchev–Trinajstić information content (AvgIpc) is 2.88. The quantitative estimate of drug-likeness (QED) is 0.904. The maximum Gasteiger partial charge on any atom is 0.275 e. The fourth-order valence-corrected chi connectivity index (χ4v) is 3.35. The Morgan fingerprint density at radius 1 is 1.50 bits per heavy atom. The second kappa shape index (κ2) is 5.59. The first kappa shape index (κ1) is 13.7. The van der Waals surface area contributed by atoms with Gasteiger partial charge in [-0.3, -0.25) is 9.69 Å². The largest absolute Gasteiger partial charge is 0.393 e. The van der Waals surface area contributed by atoms with E-state index in [9.17, 15) is 9.90 Å². The van der Waals surface area contributed by atoms with Gasteiger partial charge in [-0.1, -0.05) is 11.3 Å². The van der Waals surface area contributed by atoms with Gasteiger partial charge in [0, 0.05) is 12.6 Å². The van der Waals surface area contributed by atoms with Crippen LogP contribution in [0.5, 0.6) is 0 Å². The minimum absolute atomic E-state index is 0.120. The lowest BCUT2D eigenvalue weighted by Gasteiger charge is -2.32. The van der Waals surface area contributed by atoms with Crippen LogP contribution in [0.15, 0.2) is 16.4 Å². The molecule has 0 aliphatic carbocycles. The summed E-state index contributed by atoms with van der Waals surface area (Å²) in [6, 6.07) is 1.56. The van der Waals surface area contributed by atoms with Crippen molar-refractivity contribution in [2.75, 3.05) is 13.1 Å². The van der Waals surface area contributed by atoms with Crippen LogP contribution >= 0.6 is 11.3 Å². The van der Waals surface area contributed by atoms with Crippen LogP contribution in [0.3, 0.4) is 0 Å². The van der Waals surface area contributed by atoms with E-state index in [1.807, 2.05) is 6.92 Å². The van der Waals surface area contributed by atoms with Crippen molar-refractivity contribution >= 4 is 16.3 Å². The van der Waals surface area contributed by atoms with Crippen molar-refractivity contribution in [3.63, 3.8) is 0 Å². The van der Waals surface area contributed by atoms with Gasteiger partial charge in [-0.15, -0.1) is 0 Å². The minimum Gasteiger partial charge on any atom is -0.393 e. The van der Waals surface area contributed by atoms with Crippen molar-refractivity contribution in [2.45, 2.75) is 32.4 Å². The van der Waals surface area contributed by atoms with E-state index >= 15 is 0 Å². The number of likely N-dealkylation sites (tertiary alicyclic amines) is 1. The first-order valence-corrected chi connectivity index (χ1v) is 7.74. The second-order valence-corrected chi connectivity index (χ2v) is 6.18. The molecule has 1 aliphatic heterocycles. The van der Waals surface area contributed by atoms with Crippen LogP contribution in [-0.4, -0.2) is 43.8 Å². The Bertz CT molecular complexity index is 643. The van der Waals surface area contributed by atoms with Crippen molar-refractivity contribution < 1.29 is 5.11 Å². The fourth-order valence-electron chi connectivity index (χ4n) is 2.70. The molecule has 1 atom stereocenters. The van der Waals surface area contributed by atoms with Gasteiger partial charge in [-0.2, -0.15) is 9.61 Å². The van der Waals surface area contributed by atoms with Gasteiger partial charge in [0.15, 0.2) is 0 Å². The molecule has 6 nitrogen and oxygen atoms in total. The summed E-state index contributed by atoms with van der Waals surface area (Å²) in [6.07, 6.45) is 1.77. The maximum atomic E-state index is 11.9. The Labute approximate surface area is 120 Å². The lowest BCUT2D eigenvalue weighted by Crippen LogP contribution is -2.37. The van der Waals surface area contributed by atoms with E-state index in [2.05, 4.69) is 15.0 Å². The third-order valence-electron chi connectivity index (χ3n) is 3.94. The highest BCUT2D eigenvalue weighted by molar-refractivity contribution is 7.14.